The topological polar surface area (TPSA) is 58.8 Å². The van der Waals surface area contributed by atoms with Crippen LogP contribution in [0.1, 0.15) is 46.5 Å². The summed E-state index contributed by atoms with van der Waals surface area (Å²) < 4.78 is 5.54. The highest BCUT2D eigenvalue weighted by atomic mass is 16.6. The van der Waals surface area contributed by atoms with Crippen LogP contribution in [-0.2, 0) is 4.74 Å². The number of carbonyl (C=O) groups is 1. The van der Waals surface area contributed by atoms with Crippen LogP contribution in [0.4, 0.5) is 4.79 Å². The smallest absolute Gasteiger partial charge is 0.410 e. The van der Waals surface area contributed by atoms with E-state index in [9.17, 15) is 4.79 Å². The van der Waals surface area contributed by atoms with Gasteiger partial charge in [-0.1, -0.05) is 0 Å². The maximum atomic E-state index is 12.4. The van der Waals surface area contributed by atoms with E-state index in [2.05, 4.69) is 4.90 Å². The predicted molar refractivity (Wildman–Crippen MR) is 79.6 cm³/mol. The van der Waals surface area contributed by atoms with Crippen LogP contribution < -0.4 is 5.73 Å². The summed E-state index contributed by atoms with van der Waals surface area (Å²) in [7, 11) is 0. The second-order valence-electron chi connectivity index (χ2n) is 6.93. The number of ether oxygens (including phenoxy) is 1. The second-order valence-corrected chi connectivity index (χ2v) is 6.93. The van der Waals surface area contributed by atoms with Crippen molar-refractivity contribution in [3.05, 3.63) is 0 Å². The molecule has 2 atom stereocenters. The number of hydrogen-bond donors (Lipinski definition) is 1. The fraction of sp³-hybridized carbons (Fsp3) is 0.933. The number of hydrogen-bond acceptors (Lipinski definition) is 4. The van der Waals surface area contributed by atoms with Gasteiger partial charge in [-0.15, -0.1) is 0 Å². The van der Waals surface area contributed by atoms with Gasteiger partial charge in [0, 0.05) is 19.1 Å². The fourth-order valence-corrected chi connectivity index (χ4v) is 3.36. The summed E-state index contributed by atoms with van der Waals surface area (Å²) in [6, 6.07) is 0.500. The molecule has 0 saturated carbocycles. The lowest BCUT2D eigenvalue weighted by Crippen LogP contribution is -2.54. The summed E-state index contributed by atoms with van der Waals surface area (Å²) in [5.74, 6) is 0. The molecule has 2 unspecified atom stereocenters. The zero-order valence-electron chi connectivity index (χ0n) is 13.1. The third-order valence-electron chi connectivity index (χ3n) is 4.22. The van der Waals surface area contributed by atoms with E-state index < -0.39 is 5.60 Å². The standard InChI is InChI=1S/C15H29N3O2/c1-15(2,3)20-14(19)18-10-6-7-12(18)13(11-16)17-8-4-5-9-17/h12-13H,4-11,16H2,1-3H3. The van der Waals surface area contributed by atoms with E-state index in [1.54, 1.807) is 0 Å². The van der Waals surface area contributed by atoms with Crippen LogP contribution in [0, 0.1) is 0 Å². The highest BCUT2D eigenvalue weighted by Gasteiger charge is 2.39. The van der Waals surface area contributed by atoms with Crippen LogP contribution >= 0.6 is 0 Å². The first-order valence-corrected chi connectivity index (χ1v) is 7.86. The van der Waals surface area contributed by atoms with E-state index in [1.807, 2.05) is 25.7 Å². The number of likely N-dealkylation sites (tertiary alicyclic amines) is 2. The van der Waals surface area contributed by atoms with Crippen molar-refractivity contribution < 1.29 is 9.53 Å². The molecule has 0 aliphatic carbocycles. The quantitative estimate of drug-likeness (QED) is 0.858. The third kappa shape index (κ3) is 3.64. The Morgan fingerprint density at radius 3 is 2.45 bits per heavy atom. The lowest BCUT2D eigenvalue weighted by molar-refractivity contribution is 0.0143. The third-order valence-corrected chi connectivity index (χ3v) is 4.22. The molecule has 2 aliphatic rings. The minimum Gasteiger partial charge on any atom is -0.444 e. The fourth-order valence-electron chi connectivity index (χ4n) is 3.36. The maximum Gasteiger partial charge on any atom is 0.410 e. The minimum absolute atomic E-state index is 0.183. The Labute approximate surface area is 122 Å². The highest BCUT2D eigenvalue weighted by Crippen LogP contribution is 2.27. The average molecular weight is 283 g/mol. The van der Waals surface area contributed by atoms with E-state index in [1.165, 1.54) is 12.8 Å². The van der Waals surface area contributed by atoms with Crippen molar-refractivity contribution in [2.75, 3.05) is 26.2 Å². The Hall–Kier alpha value is -0.810. The first-order chi connectivity index (χ1) is 9.42. The molecule has 0 radical (unpaired) electrons. The molecule has 0 spiro atoms. The molecule has 2 rings (SSSR count). The van der Waals surface area contributed by atoms with E-state index in [0.717, 1.165) is 32.5 Å². The Morgan fingerprint density at radius 1 is 1.25 bits per heavy atom. The van der Waals surface area contributed by atoms with Crippen LogP contribution in [0.15, 0.2) is 0 Å². The van der Waals surface area contributed by atoms with E-state index in [4.69, 9.17) is 10.5 Å². The van der Waals surface area contributed by atoms with Gasteiger partial charge in [0.25, 0.3) is 0 Å². The lowest BCUT2D eigenvalue weighted by Gasteiger charge is -2.37. The van der Waals surface area contributed by atoms with Crippen LogP contribution in [0.5, 0.6) is 0 Å². The van der Waals surface area contributed by atoms with Crippen molar-refractivity contribution in [1.82, 2.24) is 9.80 Å². The first kappa shape index (κ1) is 15.6. The number of nitrogens with two attached hydrogens (primary N) is 1. The van der Waals surface area contributed by atoms with Gasteiger partial charge < -0.3 is 15.4 Å². The molecule has 2 N–H and O–H groups in total. The summed E-state index contributed by atoms with van der Waals surface area (Å²) in [6.07, 6.45) is 4.40. The Bertz CT molecular complexity index is 335. The molecule has 2 saturated heterocycles. The summed E-state index contributed by atoms with van der Waals surface area (Å²) in [5, 5.41) is 0. The van der Waals surface area contributed by atoms with E-state index >= 15 is 0 Å². The molecule has 116 valence electrons. The molecule has 20 heavy (non-hydrogen) atoms. The molecule has 5 heteroatoms. The summed E-state index contributed by atoms with van der Waals surface area (Å²) in [4.78, 5) is 16.7. The second kappa shape index (κ2) is 6.31. The number of amides is 1. The van der Waals surface area contributed by atoms with Crippen LogP contribution in [0.25, 0.3) is 0 Å². The Kier molecular flexibility index (Phi) is 4.91. The van der Waals surface area contributed by atoms with Crippen molar-refractivity contribution in [3.63, 3.8) is 0 Å². The van der Waals surface area contributed by atoms with Gasteiger partial charge in [-0.05, 0) is 59.5 Å². The van der Waals surface area contributed by atoms with Gasteiger partial charge in [0.2, 0.25) is 0 Å². The molecule has 1 amide bonds. The molecule has 5 nitrogen and oxygen atoms in total. The van der Waals surface area contributed by atoms with Crippen LogP contribution in [-0.4, -0.2) is 59.8 Å². The molecule has 2 heterocycles. The molecule has 0 aromatic rings. The molecular formula is C15H29N3O2. The maximum absolute atomic E-state index is 12.4. The molecule has 0 aromatic heterocycles. The van der Waals surface area contributed by atoms with Gasteiger partial charge in [-0.2, -0.15) is 0 Å². The largest absolute Gasteiger partial charge is 0.444 e. The average Bonchev–Trinajstić information content (AvgIpc) is 2.98. The van der Waals surface area contributed by atoms with Crippen LogP contribution in [0.3, 0.4) is 0 Å². The number of carbonyl (C=O) groups excluding carboxylic acids is 1. The molecule has 0 aromatic carbocycles. The van der Waals surface area contributed by atoms with Crippen molar-refractivity contribution in [3.8, 4) is 0 Å². The summed E-state index contributed by atoms with van der Waals surface area (Å²) in [5.41, 5.74) is 5.57. The van der Waals surface area contributed by atoms with Gasteiger partial charge in [0.1, 0.15) is 5.60 Å². The van der Waals surface area contributed by atoms with Crippen molar-refractivity contribution in [2.24, 2.45) is 5.73 Å². The monoisotopic (exact) mass is 283 g/mol. The Morgan fingerprint density at radius 2 is 1.90 bits per heavy atom. The predicted octanol–water partition coefficient (Wildman–Crippen LogP) is 1.81. The molecular weight excluding hydrogens is 254 g/mol. The van der Waals surface area contributed by atoms with Gasteiger partial charge in [0.05, 0.1) is 6.04 Å². The minimum atomic E-state index is -0.434. The van der Waals surface area contributed by atoms with Crippen LogP contribution in [0.2, 0.25) is 0 Å². The SMILES string of the molecule is CC(C)(C)OC(=O)N1CCCC1C(CN)N1CCCC1. The zero-order chi connectivity index (χ0) is 14.8. The van der Waals surface area contributed by atoms with Gasteiger partial charge in [-0.25, -0.2) is 4.79 Å². The number of rotatable bonds is 3. The molecule has 2 fully saturated rings. The number of nitrogens with zero attached hydrogens (tertiary/aromatic N) is 2. The van der Waals surface area contributed by atoms with Crippen molar-refractivity contribution in [1.29, 1.82) is 0 Å². The van der Waals surface area contributed by atoms with E-state index in [0.29, 0.717) is 6.54 Å². The van der Waals surface area contributed by atoms with E-state index in [-0.39, 0.29) is 18.2 Å². The van der Waals surface area contributed by atoms with Gasteiger partial charge in [-0.3, -0.25) is 4.90 Å². The first-order valence-electron chi connectivity index (χ1n) is 7.86. The normalized spacial score (nSPS) is 26.0. The summed E-state index contributed by atoms with van der Waals surface area (Å²) in [6.45, 7) is 9.37. The summed E-state index contributed by atoms with van der Waals surface area (Å²) >= 11 is 0. The molecule has 0 bridgehead atoms. The lowest BCUT2D eigenvalue weighted by atomic mass is 10.0. The van der Waals surface area contributed by atoms with Gasteiger partial charge in [0.15, 0.2) is 0 Å². The zero-order valence-corrected chi connectivity index (χ0v) is 13.1. The van der Waals surface area contributed by atoms with Crippen molar-refractivity contribution in [2.45, 2.75) is 64.1 Å². The van der Waals surface area contributed by atoms with Gasteiger partial charge >= 0.3 is 6.09 Å². The Balaban J connectivity index is 2.03. The highest BCUT2D eigenvalue weighted by molar-refractivity contribution is 5.69. The molecule has 2 aliphatic heterocycles. The van der Waals surface area contributed by atoms with Crippen molar-refractivity contribution >= 4 is 6.09 Å².